The zero-order valence-corrected chi connectivity index (χ0v) is 14.2. The van der Waals surface area contributed by atoms with Gasteiger partial charge in [-0.25, -0.2) is 0 Å². The maximum atomic E-state index is 5.90. The van der Waals surface area contributed by atoms with Crippen molar-refractivity contribution < 1.29 is 4.74 Å². The molecule has 0 N–H and O–H groups in total. The lowest BCUT2D eigenvalue weighted by atomic mass is 9.78. The molecule has 1 aliphatic rings. The first-order valence-electron chi connectivity index (χ1n) is 9.15. The van der Waals surface area contributed by atoms with Crippen molar-refractivity contribution in [3.05, 3.63) is 42.5 Å². The van der Waals surface area contributed by atoms with Crippen LogP contribution < -0.4 is 4.74 Å². The minimum Gasteiger partial charge on any atom is -0.493 e. The first kappa shape index (κ1) is 17.1. The molecule has 1 aromatic carbocycles. The summed E-state index contributed by atoms with van der Waals surface area (Å²) in [5.74, 6) is 3.01. The highest BCUT2D eigenvalue weighted by molar-refractivity contribution is 5.33. The smallest absolute Gasteiger partial charge is 0.122 e. The van der Waals surface area contributed by atoms with Crippen molar-refractivity contribution in [1.82, 2.24) is 0 Å². The number of aryl methyl sites for hydroxylation is 1. The Morgan fingerprint density at radius 1 is 1.09 bits per heavy atom. The summed E-state index contributed by atoms with van der Waals surface area (Å²) in [5.41, 5.74) is 1.38. The topological polar surface area (TPSA) is 9.23 Å². The summed E-state index contributed by atoms with van der Waals surface area (Å²) in [6.45, 7) is 6.80. The Morgan fingerprint density at radius 2 is 1.77 bits per heavy atom. The molecule has 0 amide bonds. The number of para-hydroxylation sites is 1. The van der Waals surface area contributed by atoms with E-state index in [-0.39, 0.29) is 0 Å². The Labute approximate surface area is 136 Å². The number of hydrogen-bond acceptors (Lipinski definition) is 1. The van der Waals surface area contributed by atoms with Gasteiger partial charge in [0.15, 0.2) is 0 Å². The van der Waals surface area contributed by atoms with Crippen molar-refractivity contribution >= 4 is 0 Å². The molecule has 0 unspecified atom stereocenters. The summed E-state index contributed by atoms with van der Waals surface area (Å²) in [6, 6.07) is 8.54. The van der Waals surface area contributed by atoms with Crippen molar-refractivity contribution in [3.63, 3.8) is 0 Å². The summed E-state index contributed by atoms with van der Waals surface area (Å²) >= 11 is 0. The molecular formula is C21H32O. The van der Waals surface area contributed by atoms with E-state index in [1.54, 1.807) is 0 Å². The van der Waals surface area contributed by atoms with Crippen LogP contribution >= 0.6 is 0 Å². The van der Waals surface area contributed by atoms with E-state index in [1.165, 1.54) is 50.5 Å². The third-order valence-electron chi connectivity index (χ3n) is 5.04. The van der Waals surface area contributed by atoms with Crippen LogP contribution in [0.15, 0.2) is 36.9 Å². The number of benzene rings is 1. The fraction of sp³-hybridized carbons (Fsp3) is 0.619. The van der Waals surface area contributed by atoms with E-state index in [0.29, 0.717) is 0 Å². The van der Waals surface area contributed by atoms with Gasteiger partial charge in [0, 0.05) is 0 Å². The van der Waals surface area contributed by atoms with E-state index >= 15 is 0 Å². The van der Waals surface area contributed by atoms with Crippen LogP contribution in [-0.2, 0) is 6.42 Å². The molecule has 1 nitrogen and oxygen atoms in total. The molecule has 1 aromatic rings. The molecule has 22 heavy (non-hydrogen) atoms. The van der Waals surface area contributed by atoms with E-state index in [4.69, 9.17) is 4.74 Å². The van der Waals surface area contributed by atoms with Crippen LogP contribution in [-0.4, -0.2) is 6.61 Å². The van der Waals surface area contributed by atoms with E-state index in [1.807, 2.05) is 6.08 Å². The van der Waals surface area contributed by atoms with Crippen LogP contribution in [0.5, 0.6) is 5.75 Å². The second-order valence-electron chi connectivity index (χ2n) is 6.75. The molecule has 1 fully saturated rings. The molecular weight excluding hydrogens is 268 g/mol. The molecule has 122 valence electrons. The Hall–Kier alpha value is -1.24. The maximum Gasteiger partial charge on any atom is 0.122 e. The van der Waals surface area contributed by atoms with Gasteiger partial charge in [-0.2, -0.15) is 0 Å². The van der Waals surface area contributed by atoms with Crippen LogP contribution in [0.2, 0.25) is 0 Å². The molecule has 0 spiro atoms. The number of ether oxygens (including phenoxy) is 1. The second kappa shape index (κ2) is 9.71. The van der Waals surface area contributed by atoms with Gasteiger partial charge in [0.25, 0.3) is 0 Å². The van der Waals surface area contributed by atoms with Gasteiger partial charge in [-0.1, -0.05) is 69.7 Å². The minimum absolute atomic E-state index is 0.739. The highest BCUT2D eigenvalue weighted by Gasteiger charge is 2.20. The van der Waals surface area contributed by atoms with Crippen molar-refractivity contribution in [2.75, 3.05) is 6.61 Å². The zero-order chi connectivity index (χ0) is 15.6. The number of hydrogen-bond donors (Lipinski definition) is 0. The van der Waals surface area contributed by atoms with Gasteiger partial charge >= 0.3 is 0 Å². The number of rotatable bonds is 9. The van der Waals surface area contributed by atoms with Gasteiger partial charge in [0.05, 0.1) is 6.61 Å². The lowest BCUT2D eigenvalue weighted by Crippen LogP contribution is -2.15. The Bertz CT molecular complexity index is 429. The van der Waals surface area contributed by atoms with Crippen molar-refractivity contribution in [1.29, 1.82) is 0 Å². The molecule has 1 saturated carbocycles. The van der Waals surface area contributed by atoms with Gasteiger partial charge < -0.3 is 4.74 Å². The largest absolute Gasteiger partial charge is 0.493 e. The molecule has 0 saturated heterocycles. The monoisotopic (exact) mass is 300 g/mol. The van der Waals surface area contributed by atoms with Crippen LogP contribution in [0.1, 0.15) is 63.9 Å². The predicted octanol–water partition coefficient (Wildman–Crippen LogP) is 6.18. The first-order chi connectivity index (χ1) is 10.8. The SMILES string of the molecule is C=CCCOc1ccccc1CCC1CCC(CCC)CC1. The second-order valence-corrected chi connectivity index (χ2v) is 6.75. The molecule has 0 radical (unpaired) electrons. The lowest BCUT2D eigenvalue weighted by Gasteiger charge is -2.28. The minimum atomic E-state index is 0.739. The van der Waals surface area contributed by atoms with E-state index in [2.05, 4.69) is 37.8 Å². The molecule has 2 rings (SSSR count). The normalized spacial score (nSPS) is 21.5. The first-order valence-corrected chi connectivity index (χ1v) is 9.15. The predicted molar refractivity (Wildman–Crippen MR) is 95.4 cm³/mol. The van der Waals surface area contributed by atoms with Crippen LogP contribution in [0, 0.1) is 11.8 Å². The highest BCUT2D eigenvalue weighted by Crippen LogP contribution is 2.34. The van der Waals surface area contributed by atoms with Crippen molar-refractivity contribution in [2.24, 2.45) is 11.8 Å². The Balaban J connectivity index is 1.78. The fourth-order valence-corrected chi connectivity index (χ4v) is 3.68. The maximum absolute atomic E-state index is 5.90. The van der Waals surface area contributed by atoms with Gasteiger partial charge in [-0.3, -0.25) is 0 Å². The summed E-state index contributed by atoms with van der Waals surface area (Å²) in [4.78, 5) is 0. The molecule has 1 aliphatic carbocycles. The molecule has 0 bridgehead atoms. The average Bonchev–Trinajstić information content (AvgIpc) is 2.56. The fourth-order valence-electron chi connectivity index (χ4n) is 3.68. The third kappa shape index (κ3) is 5.51. The van der Waals surface area contributed by atoms with Crippen LogP contribution in [0.3, 0.4) is 0 Å². The zero-order valence-electron chi connectivity index (χ0n) is 14.2. The van der Waals surface area contributed by atoms with E-state index in [9.17, 15) is 0 Å². The van der Waals surface area contributed by atoms with Gasteiger partial charge in [0.2, 0.25) is 0 Å². The summed E-state index contributed by atoms with van der Waals surface area (Å²) in [7, 11) is 0. The van der Waals surface area contributed by atoms with Gasteiger partial charge in [-0.05, 0) is 42.7 Å². The average molecular weight is 300 g/mol. The highest BCUT2D eigenvalue weighted by atomic mass is 16.5. The molecule has 0 aliphatic heterocycles. The molecule has 0 atom stereocenters. The molecule has 0 heterocycles. The lowest BCUT2D eigenvalue weighted by molar-refractivity contribution is 0.251. The molecule has 1 heteroatoms. The van der Waals surface area contributed by atoms with E-state index in [0.717, 1.165) is 37.0 Å². The summed E-state index contributed by atoms with van der Waals surface area (Å²) in [6.07, 6.45) is 13.9. The quantitative estimate of drug-likeness (QED) is 0.391. The standard InChI is InChI=1S/C21H32O/c1-3-5-17-22-21-10-7-6-9-20(21)16-15-19-13-11-18(8-4-2)12-14-19/h3,6-7,9-10,18-19H,1,4-5,8,11-17H2,2H3. The van der Waals surface area contributed by atoms with Crippen LogP contribution in [0.25, 0.3) is 0 Å². The van der Waals surface area contributed by atoms with Gasteiger partial charge in [-0.15, -0.1) is 6.58 Å². The third-order valence-corrected chi connectivity index (χ3v) is 5.04. The summed E-state index contributed by atoms with van der Waals surface area (Å²) in [5, 5.41) is 0. The van der Waals surface area contributed by atoms with E-state index < -0.39 is 0 Å². The van der Waals surface area contributed by atoms with Gasteiger partial charge in [0.1, 0.15) is 5.75 Å². The Morgan fingerprint density at radius 3 is 2.45 bits per heavy atom. The summed E-state index contributed by atoms with van der Waals surface area (Å²) < 4.78 is 5.90. The van der Waals surface area contributed by atoms with Crippen molar-refractivity contribution in [2.45, 2.75) is 64.7 Å². The van der Waals surface area contributed by atoms with Crippen LogP contribution in [0.4, 0.5) is 0 Å². The molecule has 0 aromatic heterocycles. The van der Waals surface area contributed by atoms with Crippen molar-refractivity contribution in [3.8, 4) is 5.75 Å². The Kier molecular flexibility index (Phi) is 7.56.